The van der Waals surface area contributed by atoms with Gasteiger partial charge in [0.2, 0.25) is 5.91 Å². The first-order valence-corrected chi connectivity index (χ1v) is 13.1. The molecular weight excluding hydrogens is 512 g/mol. The molecule has 0 saturated carbocycles. The van der Waals surface area contributed by atoms with E-state index in [9.17, 15) is 9.59 Å². The Kier molecular flexibility index (Phi) is 6.72. The summed E-state index contributed by atoms with van der Waals surface area (Å²) in [6.07, 6.45) is 0. The number of halogens is 1. The second kappa shape index (κ2) is 9.90. The number of thioether (sulfide) groups is 1. The maximum absolute atomic E-state index is 13.7. The summed E-state index contributed by atoms with van der Waals surface area (Å²) in [5.74, 6) is 0.0457. The van der Waals surface area contributed by atoms with Gasteiger partial charge in [-0.1, -0.05) is 64.1 Å². The maximum Gasteiger partial charge on any atom is 0.262 e. The predicted octanol–water partition coefficient (Wildman–Crippen LogP) is 4.60. The maximum atomic E-state index is 13.7. The highest BCUT2D eigenvalue weighted by Gasteiger charge is 2.30. The lowest BCUT2D eigenvalue weighted by atomic mass is 10.1. The molecule has 1 fully saturated rings. The monoisotopic (exact) mass is 536 g/mol. The standard InChI is InChI=1S/C26H25BrN4O2S/c1-2-31-24(32)21-15-18-5-3-4-6-19(18)16-22(21)29-26(31)34-23(17-7-9-20(27)10-8-17)25(33)30-13-11-28-12-14-30/h3-10,15-16,23,28H,2,11-14H2,1H3. The molecule has 8 heteroatoms. The van der Waals surface area contributed by atoms with Crippen LogP contribution < -0.4 is 10.9 Å². The highest BCUT2D eigenvalue weighted by Crippen LogP contribution is 2.37. The van der Waals surface area contributed by atoms with Crippen LogP contribution in [0.15, 0.2) is 75.1 Å². The van der Waals surface area contributed by atoms with Crippen molar-refractivity contribution >= 4 is 55.3 Å². The van der Waals surface area contributed by atoms with E-state index in [1.54, 1.807) is 4.57 Å². The van der Waals surface area contributed by atoms with E-state index in [2.05, 4.69) is 21.2 Å². The fourth-order valence-electron chi connectivity index (χ4n) is 4.31. The number of rotatable bonds is 5. The van der Waals surface area contributed by atoms with Crippen molar-refractivity contribution in [3.05, 3.63) is 81.1 Å². The molecule has 1 saturated heterocycles. The van der Waals surface area contributed by atoms with E-state index in [4.69, 9.17) is 4.98 Å². The first-order chi connectivity index (χ1) is 16.5. The number of hydrogen-bond acceptors (Lipinski definition) is 5. The Morgan fingerprint density at radius 1 is 1.09 bits per heavy atom. The van der Waals surface area contributed by atoms with Gasteiger partial charge in [-0.15, -0.1) is 0 Å². The summed E-state index contributed by atoms with van der Waals surface area (Å²) in [7, 11) is 0. The third-order valence-corrected chi connectivity index (χ3v) is 7.91. The molecule has 1 unspecified atom stereocenters. The molecule has 34 heavy (non-hydrogen) atoms. The second-order valence-electron chi connectivity index (χ2n) is 8.29. The number of nitrogens with zero attached hydrogens (tertiary/aromatic N) is 3. The summed E-state index contributed by atoms with van der Waals surface area (Å²) in [6, 6.07) is 19.7. The summed E-state index contributed by atoms with van der Waals surface area (Å²) >= 11 is 4.85. The van der Waals surface area contributed by atoms with Crippen LogP contribution in [-0.2, 0) is 11.3 Å². The molecule has 1 aromatic heterocycles. The number of hydrogen-bond donors (Lipinski definition) is 1. The third kappa shape index (κ3) is 4.50. The van der Waals surface area contributed by atoms with Gasteiger partial charge in [-0.05, 0) is 47.5 Å². The number of fused-ring (bicyclic) bond motifs is 2. The van der Waals surface area contributed by atoms with Crippen LogP contribution in [0, 0.1) is 0 Å². The number of piperazine rings is 1. The van der Waals surface area contributed by atoms with Gasteiger partial charge in [-0.3, -0.25) is 14.2 Å². The van der Waals surface area contributed by atoms with E-state index in [-0.39, 0.29) is 11.5 Å². The molecule has 1 aliphatic heterocycles. The molecule has 0 spiro atoms. The summed E-state index contributed by atoms with van der Waals surface area (Å²) in [5, 5.41) is 6.02. The zero-order valence-electron chi connectivity index (χ0n) is 18.8. The highest BCUT2D eigenvalue weighted by molar-refractivity contribution is 9.10. The number of nitrogens with one attached hydrogen (secondary N) is 1. The van der Waals surface area contributed by atoms with E-state index in [0.717, 1.165) is 33.9 Å². The molecule has 0 radical (unpaired) electrons. The van der Waals surface area contributed by atoms with E-state index in [1.165, 1.54) is 11.8 Å². The van der Waals surface area contributed by atoms with Crippen molar-refractivity contribution in [1.29, 1.82) is 0 Å². The fraction of sp³-hybridized carbons (Fsp3) is 0.269. The molecule has 174 valence electrons. The number of benzene rings is 3. The molecule has 1 amide bonds. The minimum atomic E-state index is -0.492. The predicted molar refractivity (Wildman–Crippen MR) is 141 cm³/mol. The van der Waals surface area contributed by atoms with Crippen LogP contribution in [0.1, 0.15) is 17.7 Å². The van der Waals surface area contributed by atoms with Crippen LogP contribution in [0.4, 0.5) is 0 Å². The molecule has 4 aromatic rings. The van der Waals surface area contributed by atoms with Crippen LogP contribution in [0.5, 0.6) is 0 Å². The number of amides is 1. The van der Waals surface area contributed by atoms with E-state index in [0.29, 0.717) is 35.7 Å². The van der Waals surface area contributed by atoms with Crippen molar-refractivity contribution in [2.75, 3.05) is 26.2 Å². The molecule has 3 aromatic carbocycles. The average Bonchev–Trinajstić information content (AvgIpc) is 2.87. The van der Waals surface area contributed by atoms with Gasteiger partial charge in [-0.25, -0.2) is 4.98 Å². The second-order valence-corrected chi connectivity index (χ2v) is 10.3. The zero-order valence-corrected chi connectivity index (χ0v) is 21.2. The number of carbonyl (C=O) groups is 1. The normalized spacial score (nSPS) is 15.1. The largest absolute Gasteiger partial charge is 0.339 e. The zero-order chi connectivity index (χ0) is 23.7. The van der Waals surface area contributed by atoms with Crippen molar-refractivity contribution in [1.82, 2.24) is 19.8 Å². The van der Waals surface area contributed by atoms with Gasteiger partial charge >= 0.3 is 0 Å². The van der Waals surface area contributed by atoms with Crippen LogP contribution in [0.2, 0.25) is 0 Å². The van der Waals surface area contributed by atoms with E-state index >= 15 is 0 Å². The molecule has 1 atom stereocenters. The Labute approximate surface area is 210 Å². The van der Waals surface area contributed by atoms with Crippen molar-refractivity contribution < 1.29 is 4.79 Å². The lowest BCUT2D eigenvalue weighted by molar-refractivity contribution is -0.131. The van der Waals surface area contributed by atoms with Gasteiger partial charge in [0.15, 0.2) is 5.16 Å². The minimum absolute atomic E-state index is 0.0457. The molecular formula is C26H25BrN4O2S. The third-order valence-electron chi connectivity index (χ3n) is 6.15. The summed E-state index contributed by atoms with van der Waals surface area (Å²) < 4.78 is 2.63. The first-order valence-electron chi connectivity index (χ1n) is 11.4. The van der Waals surface area contributed by atoms with Crippen molar-refractivity contribution in [2.45, 2.75) is 23.9 Å². The van der Waals surface area contributed by atoms with Crippen LogP contribution in [-0.4, -0.2) is 46.5 Å². The molecule has 5 rings (SSSR count). The highest BCUT2D eigenvalue weighted by atomic mass is 79.9. The van der Waals surface area contributed by atoms with Gasteiger partial charge < -0.3 is 10.2 Å². The number of aromatic nitrogens is 2. The lowest BCUT2D eigenvalue weighted by Gasteiger charge is -2.31. The van der Waals surface area contributed by atoms with Crippen molar-refractivity contribution in [3.63, 3.8) is 0 Å². The molecule has 0 aliphatic carbocycles. The van der Waals surface area contributed by atoms with Crippen LogP contribution in [0.25, 0.3) is 21.7 Å². The topological polar surface area (TPSA) is 67.2 Å². The summed E-state index contributed by atoms with van der Waals surface area (Å²) in [6.45, 7) is 5.32. The van der Waals surface area contributed by atoms with Crippen LogP contribution >= 0.6 is 27.7 Å². The molecule has 1 N–H and O–H groups in total. The molecule has 2 heterocycles. The number of carbonyl (C=O) groups excluding carboxylic acids is 1. The smallest absolute Gasteiger partial charge is 0.262 e. The molecule has 1 aliphatic rings. The Hall–Kier alpha value is -2.68. The molecule has 6 nitrogen and oxygen atoms in total. The summed E-state index contributed by atoms with van der Waals surface area (Å²) in [4.78, 5) is 33.9. The Morgan fingerprint density at radius 2 is 1.76 bits per heavy atom. The Bertz CT molecular complexity index is 1410. The van der Waals surface area contributed by atoms with Gasteiger partial charge in [-0.2, -0.15) is 0 Å². The molecule has 0 bridgehead atoms. The minimum Gasteiger partial charge on any atom is -0.339 e. The SMILES string of the molecule is CCn1c(SC(C(=O)N2CCNCC2)c2ccc(Br)cc2)nc2cc3ccccc3cc2c1=O. The van der Waals surface area contributed by atoms with Gasteiger partial charge in [0.25, 0.3) is 5.56 Å². The van der Waals surface area contributed by atoms with Gasteiger partial charge in [0, 0.05) is 37.2 Å². The van der Waals surface area contributed by atoms with Crippen LogP contribution in [0.3, 0.4) is 0 Å². The van der Waals surface area contributed by atoms with Crippen molar-refractivity contribution in [3.8, 4) is 0 Å². The summed E-state index contributed by atoms with van der Waals surface area (Å²) in [5.41, 5.74) is 1.47. The van der Waals surface area contributed by atoms with E-state index in [1.807, 2.05) is 72.5 Å². The quantitative estimate of drug-likeness (QED) is 0.229. The Balaban J connectivity index is 1.61. The lowest BCUT2D eigenvalue weighted by Crippen LogP contribution is -2.47. The van der Waals surface area contributed by atoms with Crippen molar-refractivity contribution in [2.24, 2.45) is 0 Å². The van der Waals surface area contributed by atoms with Gasteiger partial charge in [0.1, 0.15) is 5.25 Å². The Morgan fingerprint density at radius 3 is 2.44 bits per heavy atom. The first kappa shape index (κ1) is 23.1. The average molecular weight is 537 g/mol. The fourth-order valence-corrected chi connectivity index (χ4v) is 5.82. The van der Waals surface area contributed by atoms with E-state index < -0.39 is 5.25 Å². The van der Waals surface area contributed by atoms with Gasteiger partial charge in [0.05, 0.1) is 10.9 Å².